The number of rotatable bonds is 7. The average molecular weight is 296 g/mol. The number of methoxy groups -OCH3 is 2. The molecule has 0 saturated heterocycles. The molecule has 0 bridgehead atoms. The van der Waals surface area contributed by atoms with Crippen LogP contribution in [-0.4, -0.2) is 39.7 Å². The summed E-state index contributed by atoms with van der Waals surface area (Å²) in [6.45, 7) is 1.26. The molecule has 0 N–H and O–H groups in total. The van der Waals surface area contributed by atoms with E-state index in [2.05, 4.69) is 9.98 Å². The lowest BCUT2D eigenvalue weighted by Crippen LogP contribution is -1.94. The normalized spacial score (nSPS) is 11.2. The lowest BCUT2D eigenvalue weighted by molar-refractivity contribution is 0.414. The van der Waals surface area contributed by atoms with Crippen molar-refractivity contribution in [2.45, 2.75) is 0 Å². The second-order valence-electron chi connectivity index (χ2n) is 4.55. The first kappa shape index (κ1) is 15.8. The van der Waals surface area contributed by atoms with Crippen LogP contribution in [0.3, 0.4) is 0 Å². The van der Waals surface area contributed by atoms with E-state index < -0.39 is 0 Å². The van der Waals surface area contributed by atoms with Gasteiger partial charge < -0.3 is 9.47 Å². The molecule has 0 amide bonds. The maximum atomic E-state index is 5.27. The molecule has 0 unspecified atom stereocenters. The maximum absolute atomic E-state index is 5.27. The number of ether oxygens (including phenoxy) is 2. The molecule has 0 saturated carbocycles. The van der Waals surface area contributed by atoms with E-state index in [9.17, 15) is 0 Å². The molecule has 0 atom stereocenters. The van der Waals surface area contributed by atoms with E-state index in [4.69, 9.17) is 9.47 Å². The second-order valence-corrected chi connectivity index (χ2v) is 4.55. The fourth-order valence-electron chi connectivity index (χ4n) is 1.99. The molecule has 0 spiro atoms. The number of para-hydroxylation sites is 2. The Bertz CT molecular complexity index is 594. The molecule has 0 aliphatic carbocycles. The van der Waals surface area contributed by atoms with Crippen LogP contribution < -0.4 is 9.47 Å². The Morgan fingerprint density at radius 2 is 1.14 bits per heavy atom. The third-order valence-corrected chi connectivity index (χ3v) is 3.10. The second kappa shape index (κ2) is 8.62. The van der Waals surface area contributed by atoms with Gasteiger partial charge in [-0.05, 0) is 24.3 Å². The minimum absolute atomic E-state index is 0.629. The highest BCUT2D eigenvalue weighted by atomic mass is 16.5. The lowest BCUT2D eigenvalue weighted by atomic mass is 10.2. The van der Waals surface area contributed by atoms with Gasteiger partial charge in [-0.15, -0.1) is 0 Å². The van der Waals surface area contributed by atoms with Crippen LogP contribution in [0.2, 0.25) is 0 Å². The number of aliphatic imine (C=N–C) groups is 2. The van der Waals surface area contributed by atoms with Gasteiger partial charge in [0.2, 0.25) is 0 Å². The molecule has 2 aromatic carbocycles. The summed E-state index contributed by atoms with van der Waals surface area (Å²) in [7, 11) is 3.31. The fraction of sp³-hybridized carbons (Fsp3) is 0.222. The molecule has 0 aliphatic rings. The topological polar surface area (TPSA) is 43.2 Å². The van der Waals surface area contributed by atoms with Gasteiger partial charge in [-0.3, -0.25) is 9.98 Å². The van der Waals surface area contributed by atoms with Gasteiger partial charge in [0.1, 0.15) is 11.5 Å². The largest absolute Gasteiger partial charge is 0.496 e. The Kier molecular flexibility index (Phi) is 6.18. The zero-order valence-corrected chi connectivity index (χ0v) is 12.9. The first-order valence-corrected chi connectivity index (χ1v) is 7.11. The summed E-state index contributed by atoms with van der Waals surface area (Å²) in [5, 5.41) is 0. The van der Waals surface area contributed by atoms with Gasteiger partial charge in [-0.2, -0.15) is 0 Å². The highest BCUT2D eigenvalue weighted by molar-refractivity contribution is 5.84. The Hall–Kier alpha value is -2.62. The number of nitrogens with zero attached hydrogens (tertiary/aromatic N) is 2. The van der Waals surface area contributed by atoms with Crippen LogP contribution in [0.4, 0.5) is 0 Å². The standard InChI is InChI=1S/C18H20N2O2/c1-21-17-9-5-3-7-15(17)13-19-11-12-20-14-16-8-4-6-10-18(16)22-2/h3-10,13-14H,11-12H2,1-2H3/b19-13+,20-14+. The molecule has 2 rings (SSSR count). The van der Waals surface area contributed by atoms with Crippen LogP contribution in [0.25, 0.3) is 0 Å². The summed E-state index contributed by atoms with van der Waals surface area (Å²) in [6.07, 6.45) is 3.63. The van der Waals surface area contributed by atoms with Gasteiger partial charge in [0, 0.05) is 23.6 Å². The van der Waals surface area contributed by atoms with Crippen LogP contribution in [-0.2, 0) is 0 Å². The van der Waals surface area contributed by atoms with E-state index in [1.54, 1.807) is 14.2 Å². The van der Waals surface area contributed by atoms with Crippen molar-refractivity contribution in [3.05, 3.63) is 59.7 Å². The number of benzene rings is 2. The van der Waals surface area contributed by atoms with Crippen LogP contribution in [0.15, 0.2) is 58.5 Å². The monoisotopic (exact) mass is 296 g/mol. The van der Waals surface area contributed by atoms with E-state index in [1.807, 2.05) is 61.0 Å². The quantitative estimate of drug-likeness (QED) is 0.581. The van der Waals surface area contributed by atoms with Gasteiger partial charge in [-0.1, -0.05) is 24.3 Å². The highest BCUT2D eigenvalue weighted by Gasteiger charge is 1.97. The molecule has 0 fully saturated rings. The molecule has 4 nitrogen and oxygen atoms in total. The van der Waals surface area contributed by atoms with Crippen molar-refractivity contribution in [1.82, 2.24) is 0 Å². The van der Waals surface area contributed by atoms with Gasteiger partial charge in [-0.25, -0.2) is 0 Å². The molecule has 0 aromatic heterocycles. The van der Waals surface area contributed by atoms with E-state index in [-0.39, 0.29) is 0 Å². The van der Waals surface area contributed by atoms with Crippen molar-refractivity contribution in [3.63, 3.8) is 0 Å². The molecule has 0 radical (unpaired) electrons. The van der Waals surface area contributed by atoms with E-state index in [0.717, 1.165) is 22.6 Å². The van der Waals surface area contributed by atoms with E-state index in [0.29, 0.717) is 13.1 Å². The highest BCUT2D eigenvalue weighted by Crippen LogP contribution is 2.15. The summed E-state index contributed by atoms with van der Waals surface area (Å²) in [5.74, 6) is 1.65. The van der Waals surface area contributed by atoms with E-state index >= 15 is 0 Å². The fourth-order valence-corrected chi connectivity index (χ4v) is 1.99. The zero-order valence-electron chi connectivity index (χ0n) is 12.9. The first-order valence-electron chi connectivity index (χ1n) is 7.11. The smallest absolute Gasteiger partial charge is 0.127 e. The van der Waals surface area contributed by atoms with Crippen LogP contribution in [0, 0.1) is 0 Å². The summed E-state index contributed by atoms with van der Waals surface area (Å²) in [4.78, 5) is 8.75. The van der Waals surface area contributed by atoms with Gasteiger partial charge in [0.05, 0.1) is 27.3 Å². The molecule has 22 heavy (non-hydrogen) atoms. The summed E-state index contributed by atoms with van der Waals surface area (Å²) >= 11 is 0. The van der Waals surface area contributed by atoms with Crippen molar-refractivity contribution in [3.8, 4) is 11.5 Å². The van der Waals surface area contributed by atoms with Gasteiger partial charge in [0.15, 0.2) is 0 Å². The molecule has 114 valence electrons. The predicted octanol–water partition coefficient (Wildman–Crippen LogP) is 3.24. The Morgan fingerprint density at radius 1 is 0.727 bits per heavy atom. The van der Waals surface area contributed by atoms with Gasteiger partial charge >= 0.3 is 0 Å². The van der Waals surface area contributed by atoms with Gasteiger partial charge in [0.25, 0.3) is 0 Å². The Balaban J connectivity index is 1.86. The average Bonchev–Trinajstić information content (AvgIpc) is 2.58. The molecule has 4 heteroatoms. The third kappa shape index (κ3) is 4.45. The first-order chi connectivity index (χ1) is 10.8. The van der Waals surface area contributed by atoms with Crippen LogP contribution in [0.1, 0.15) is 11.1 Å². The summed E-state index contributed by atoms with van der Waals surface area (Å²) < 4.78 is 10.5. The minimum Gasteiger partial charge on any atom is -0.496 e. The predicted molar refractivity (Wildman–Crippen MR) is 90.9 cm³/mol. The van der Waals surface area contributed by atoms with Crippen LogP contribution >= 0.6 is 0 Å². The third-order valence-electron chi connectivity index (χ3n) is 3.10. The number of hydrogen-bond donors (Lipinski definition) is 0. The van der Waals surface area contributed by atoms with Crippen LogP contribution in [0.5, 0.6) is 11.5 Å². The molecule has 0 aliphatic heterocycles. The van der Waals surface area contributed by atoms with Crippen molar-refractivity contribution in [1.29, 1.82) is 0 Å². The SMILES string of the molecule is COc1ccccc1/C=N/CC/N=C/c1ccccc1OC. The van der Waals surface area contributed by atoms with Crippen molar-refractivity contribution >= 4 is 12.4 Å². The van der Waals surface area contributed by atoms with E-state index in [1.165, 1.54) is 0 Å². The maximum Gasteiger partial charge on any atom is 0.127 e. The molecular formula is C18H20N2O2. The Morgan fingerprint density at radius 3 is 1.55 bits per heavy atom. The number of hydrogen-bond acceptors (Lipinski definition) is 4. The van der Waals surface area contributed by atoms with Crippen molar-refractivity contribution in [2.24, 2.45) is 9.98 Å². The summed E-state index contributed by atoms with van der Waals surface area (Å²) in [6, 6.07) is 15.6. The lowest BCUT2D eigenvalue weighted by Gasteiger charge is -2.03. The summed E-state index contributed by atoms with van der Waals surface area (Å²) in [5.41, 5.74) is 1.94. The van der Waals surface area contributed by atoms with Crippen molar-refractivity contribution < 1.29 is 9.47 Å². The van der Waals surface area contributed by atoms with Crippen molar-refractivity contribution in [2.75, 3.05) is 27.3 Å². The molecular weight excluding hydrogens is 276 g/mol. The zero-order chi connectivity index (χ0) is 15.6. The molecule has 2 aromatic rings. The minimum atomic E-state index is 0.629. The Labute approximate surface area is 131 Å². The molecule has 0 heterocycles.